The van der Waals surface area contributed by atoms with Gasteiger partial charge in [-0.25, -0.2) is 0 Å². The van der Waals surface area contributed by atoms with Crippen LogP contribution in [0, 0.1) is 0 Å². The molecule has 76 valence electrons. The zero-order valence-electron chi connectivity index (χ0n) is 8.22. The van der Waals surface area contributed by atoms with Crippen LogP contribution >= 0.6 is 0 Å². The Balaban J connectivity index is 2.31. The van der Waals surface area contributed by atoms with Gasteiger partial charge < -0.3 is 11.1 Å². The van der Waals surface area contributed by atoms with E-state index in [9.17, 15) is 4.79 Å². The summed E-state index contributed by atoms with van der Waals surface area (Å²) in [4.78, 5) is 11.3. The van der Waals surface area contributed by atoms with E-state index >= 15 is 0 Å². The van der Waals surface area contributed by atoms with E-state index in [-0.39, 0.29) is 11.9 Å². The third kappa shape index (κ3) is 4.27. The smallest absolute Gasteiger partial charge is 0.236 e. The zero-order valence-corrected chi connectivity index (χ0v) is 8.22. The van der Waals surface area contributed by atoms with Crippen LogP contribution in [0.3, 0.4) is 0 Å². The summed E-state index contributed by atoms with van der Waals surface area (Å²) in [5.74, 6) is 0.0295. The predicted molar refractivity (Wildman–Crippen MR) is 53.3 cm³/mol. The van der Waals surface area contributed by atoms with Gasteiger partial charge >= 0.3 is 0 Å². The Morgan fingerprint density at radius 3 is 2.46 bits per heavy atom. The molecular formula is C10H20N2O. The highest BCUT2D eigenvalue weighted by Gasteiger charge is 2.12. The zero-order chi connectivity index (χ0) is 9.52. The fourth-order valence-electron chi connectivity index (χ4n) is 1.67. The number of carbonyl (C=O) groups is 1. The number of hydrogen-bond acceptors (Lipinski definition) is 2. The quantitative estimate of drug-likeness (QED) is 0.594. The van der Waals surface area contributed by atoms with E-state index < -0.39 is 0 Å². The molecule has 1 rings (SSSR count). The van der Waals surface area contributed by atoms with Crippen molar-refractivity contribution >= 4 is 5.91 Å². The molecule has 1 heterocycles. The molecule has 1 saturated heterocycles. The summed E-state index contributed by atoms with van der Waals surface area (Å²) in [7, 11) is 0. The van der Waals surface area contributed by atoms with Gasteiger partial charge in [-0.1, -0.05) is 32.1 Å². The minimum absolute atomic E-state index is 0.0295. The van der Waals surface area contributed by atoms with Gasteiger partial charge in [0.15, 0.2) is 0 Å². The molecule has 0 aromatic carbocycles. The van der Waals surface area contributed by atoms with E-state index in [1.54, 1.807) is 0 Å². The lowest BCUT2D eigenvalue weighted by Gasteiger charge is -2.10. The van der Waals surface area contributed by atoms with Gasteiger partial charge in [-0.2, -0.15) is 0 Å². The van der Waals surface area contributed by atoms with Crippen LogP contribution in [0.15, 0.2) is 0 Å². The van der Waals surface area contributed by atoms with Gasteiger partial charge in [0.25, 0.3) is 0 Å². The van der Waals surface area contributed by atoms with Crippen molar-refractivity contribution < 1.29 is 4.79 Å². The van der Waals surface area contributed by atoms with Crippen LogP contribution in [-0.2, 0) is 4.79 Å². The first-order valence-electron chi connectivity index (χ1n) is 5.34. The molecule has 1 amide bonds. The maximum Gasteiger partial charge on any atom is 0.236 e. The van der Waals surface area contributed by atoms with Crippen molar-refractivity contribution in [2.75, 3.05) is 6.54 Å². The van der Waals surface area contributed by atoms with Gasteiger partial charge in [0.1, 0.15) is 0 Å². The number of rotatable bonds is 0. The van der Waals surface area contributed by atoms with Crippen molar-refractivity contribution in [2.45, 2.75) is 51.0 Å². The largest absolute Gasteiger partial charge is 0.355 e. The fourth-order valence-corrected chi connectivity index (χ4v) is 1.67. The summed E-state index contributed by atoms with van der Waals surface area (Å²) >= 11 is 0. The average Bonchev–Trinajstić information content (AvgIpc) is 2.16. The van der Waals surface area contributed by atoms with Gasteiger partial charge in [0, 0.05) is 6.54 Å². The van der Waals surface area contributed by atoms with Crippen molar-refractivity contribution in [3.8, 4) is 0 Å². The second-order valence-electron chi connectivity index (χ2n) is 3.81. The minimum atomic E-state index is -0.280. The van der Waals surface area contributed by atoms with E-state index in [0.717, 1.165) is 25.8 Å². The summed E-state index contributed by atoms with van der Waals surface area (Å²) in [6.45, 7) is 0.798. The number of hydrogen-bond donors (Lipinski definition) is 2. The number of nitrogens with one attached hydrogen (secondary N) is 1. The van der Waals surface area contributed by atoms with Gasteiger partial charge in [-0.05, 0) is 12.8 Å². The molecule has 3 nitrogen and oxygen atoms in total. The topological polar surface area (TPSA) is 55.1 Å². The van der Waals surface area contributed by atoms with Crippen LogP contribution < -0.4 is 11.1 Å². The Bertz CT molecular complexity index is 159. The fraction of sp³-hybridized carbons (Fsp3) is 0.900. The minimum Gasteiger partial charge on any atom is -0.355 e. The van der Waals surface area contributed by atoms with Crippen molar-refractivity contribution in [1.29, 1.82) is 0 Å². The third-order valence-electron chi connectivity index (χ3n) is 2.58. The SMILES string of the molecule is N[C@H]1CCCCCCCCNC1=O. The Kier molecular flexibility index (Phi) is 4.83. The molecular weight excluding hydrogens is 164 g/mol. The molecule has 0 saturated carbocycles. The molecule has 0 aliphatic carbocycles. The van der Waals surface area contributed by atoms with E-state index in [2.05, 4.69) is 5.32 Å². The standard InChI is InChI=1S/C10H20N2O/c11-9-7-5-3-1-2-4-6-8-12-10(9)13/h9H,1-8,11H2,(H,12,13)/t9-/m0/s1. The van der Waals surface area contributed by atoms with E-state index in [0.29, 0.717) is 0 Å². The van der Waals surface area contributed by atoms with Crippen molar-refractivity contribution in [2.24, 2.45) is 5.73 Å². The Labute approximate surface area is 80.1 Å². The second kappa shape index (κ2) is 5.97. The Morgan fingerprint density at radius 2 is 1.69 bits per heavy atom. The van der Waals surface area contributed by atoms with E-state index in [1.165, 1.54) is 25.7 Å². The molecule has 1 aliphatic rings. The number of carbonyl (C=O) groups excluding carboxylic acids is 1. The molecule has 0 unspecified atom stereocenters. The van der Waals surface area contributed by atoms with Gasteiger partial charge in [0.2, 0.25) is 5.91 Å². The first-order chi connectivity index (χ1) is 6.30. The molecule has 13 heavy (non-hydrogen) atoms. The van der Waals surface area contributed by atoms with Gasteiger partial charge in [-0.15, -0.1) is 0 Å². The molecule has 0 radical (unpaired) electrons. The molecule has 0 aromatic heterocycles. The molecule has 1 fully saturated rings. The Morgan fingerprint density at radius 1 is 1.08 bits per heavy atom. The first kappa shape index (κ1) is 10.5. The molecule has 1 aliphatic heterocycles. The lowest BCUT2D eigenvalue weighted by atomic mass is 10.1. The molecule has 0 spiro atoms. The predicted octanol–water partition coefficient (Wildman–Crippen LogP) is 1.17. The summed E-state index contributed by atoms with van der Waals surface area (Å²) < 4.78 is 0. The highest BCUT2D eigenvalue weighted by atomic mass is 16.2. The maximum atomic E-state index is 11.3. The maximum absolute atomic E-state index is 11.3. The second-order valence-corrected chi connectivity index (χ2v) is 3.81. The summed E-state index contributed by atoms with van der Waals surface area (Å²) in [5.41, 5.74) is 5.71. The Hall–Kier alpha value is -0.570. The van der Waals surface area contributed by atoms with Gasteiger partial charge in [-0.3, -0.25) is 4.79 Å². The van der Waals surface area contributed by atoms with Crippen LogP contribution in [0.2, 0.25) is 0 Å². The van der Waals surface area contributed by atoms with Crippen molar-refractivity contribution in [3.05, 3.63) is 0 Å². The normalized spacial score (nSPS) is 27.5. The molecule has 3 heteroatoms. The summed E-state index contributed by atoms with van der Waals surface area (Å²) in [5, 5.41) is 2.87. The van der Waals surface area contributed by atoms with Crippen molar-refractivity contribution in [3.63, 3.8) is 0 Å². The summed E-state index contributed by atoms with van der Waals surface area (Å²) in [6.07, 6.45) is 8.07. The van der Waals surface area contributed by atoms with Crippen LogP contribution in [-0.4, -0.2) is 18.5 Å². The molecule has 0 bridgehead atoms. The number of amides is 1. The van der Waals surface area contributed by atoms with Crippen molar-refractivity contribution in [1.82, 2.24) is 5.32 Å². The highest BCUT2D eigenvalue weighted by molar-refractivity contribution is 5.81. The third-order valence-corrected chi connectivity index (χ3v) is 2.58. The van der Waals surface area contributed by atoms with Gasteiger partial charge in [0.05, 0.1) is 6.04 Å². The number of nitrogens with two attached hydrogens (primary N) is 1. The molecule has 3 N–H and O–H groups in total. The molecule has 1 atom stereocenters. The van der Waals surface area contributed by atoms with Crippen LogP contribution in [0.1, 0.15) is 44.9 Å². The van der Waals surface area contributed by atoms with Crippen LogP contribution in [0.4, 0.5) is 0 Å². The van der Waals surface area contributed by atoms with E-state index in [1.807, 2.05) is 0 Å². The summed E-state index contributed by atoms with van der Waals surface area (Å²) in [6, 6.07) is -0.280. The monoisotopic (exact) mass is 184 g/mol. The highest BCUT2D eigenvalue weighted by Crippen LogP contribution is 2.09. The van der Waals surface area contributed by atoms with Crippen LogP contribution in [0.5, 0.6) is 0 Å². The van der Waals surface area contributed by atoms with Crippen LogP contribution in [0.25, 0.3) is 0 Å². The lowest BCUT2D eigenvalue weighted by molar-refractivity contribution is -0.122. The first-order valence-corrected chi connectivity index (χ1v) is 5.34. The van der Waals surface area contributed by atoms with E-state index in [4.69, 9.17) is 5.73 Å². The lowest BCUT2D eigenvalue weighted by Crippen LogP contribution is -2.40. The molecule has 0 aromatic rings. The average molecular weight is 184 g/mol.